The normalized spacial score (nSPS) is 10.5. The molecule has 0 radical (unpaired) electrons. The average molecular weight is 419 g/mol. The molecule has 0 bridgehead atoms. The van der Waals surface area contributed by atoms with Crippen molar-refractivity contribution < 1.29 is 4.79 Å². The van der Waals surface area contributed by atoms with E-state index in [1.54, 1.807) is 13.1 Å². The molecule has 2 aromatic rings. The molecule has 0 aliphatic carbocycles. The summed E-state index contributed by atoms with van der Waals surface area (Å²) in [5.41, 5.74) is 6.82. The summed E-state index contributed by atoms with van der Waals surface area (Å²) in [7, 11) is 0. The summed E-state index contributed by atoms with van der Waals surface area (Å²) in [5.74, 6) is 0.0373. The molecular formula is C28H38N2O. The molecule has 0 spiro atoms. The number of ketones is 1. The van der Waals surface area contributed by atoms with Crippen molar-refractivity contribution in [3.8, 4) is 11.1 Å². The molecule has 0 aromatic heterocycles. The van der Waals surface area contributed by atoms with Gasteiger partial charge in [0.15, 0.2) is 5.78 Å². The SMILES string of the molecule is C=C(C(C)=O)N(CCC)Cc1cc(-c2ccccc2)ccc1C.C=CN/C=C(\C)CC. The quantitative estimate of drug-likeness (QED) is 0.421. The molecule has 0 heterocycles. The highest BCUT2D eigenvalue weighted by Gasteiger charge is 2.13. The topological polar surface area (TPSA) is 32.3 Å². The third kappa shape index (κ3) is 9.08. The molecule has 2 rings (SSSR count). The van der Waals surface area contributed by atoms with Crippen LogP contribution in [0.4, 0.5) is 0 Å². The smallest absolute Gasteiger partial charge is 0.175 e. The van der Waals surface area contributed by atoms with Crippen molar-refractivity contribution in [1.82, 2.24) is 10.2 Å². The van der Waals surface area contributed by atoms with Gasteiger partial charge in [0.2, 0.25) is 0 Å². The predicted octanol–water partition coefficient (Wildman–Crippen LogP) is 7.01. The van der Waals surface area contributed by atoms with Gasteiger partial charge in [0, 0.05) is 20.0 Å². The van der Waals surface area contributed by atoms with Gasteiger partial charge >= 0.3 is 0 Å². The fourth-order valence-corrected chi connectivity index (χ4v) is 2.96. The van der Waals surface area contributed by atoms with Crippen molar-refractivity contribution in [1.29, 1.82) is 0 Å². The summed E-state index contributed by atoms with van der Waals surface area (Å²) in [6, 6.07) is 16.9. The van der Waals surface area contributed by atoms with Crippen molar-refractivity contribution in [3.63, 3.8) is 0 Å². The average Bonchev–Trinajstić information content (AvgIpc) is 2.78. The first-order valence-electron chi connectivity index (χ1n) is 11.0. The van der Waals surface area contributed by atoms with E-state index in [0.717, 1.165) is 25.9 Å². The lowest BCUT2D eigenvalue weighted by molar-refractivity contribution is -0.115. The van der Waals surface area contributed by atoms with Crippen LogP contribution in [0.15, 0.2) is 85.4 Å². The summed E-state index contributed by atoms with van der Waals surface area (Å²) in [6.45, 7) is 19.0. The van der Waals surface area contributed by atoms with Crippen LogP contribution >= 0.6 is 0 Å². The predicted molar refractivity (Wildman–Crippen MR) is 135 cm³/mol. The molecule has 0 amide bonds. The van der Waals surface area contributed by atoms with Gasteiger partial charge in [-0.2, -0.15) is 0 Å². The van der Waals surface area contributed by atoms with Crippen LogP contribution in [0.2, 0.25) is 0 Å². The molecule has 0 aliphatic heterocycles. The minimum absolute atomic E-state index is 0.0373. The fourth-order valence-electron chi connectivity index (χ4n) is 2.96. The molecule has 0 unspecified atom stereocenters. The molecule has 0 aliphatic rings. The van der Waals surface area contributed by atoms with Gasteiger partial charge in [-0.3, -0.25) is 4.79 Å². The maximum absolute atomic E-state index is 11.7. The summed E-state index contributed by atoms with van der Waals surface area (Å²) in [6.07, 6.45) is 5.71. The van der Waals surface area contributed by atoms with Crippen LogP contribution in [0.3, 0.4) is 0 Å². The van der Waals surface area contributed by atoms with Gasteiger partial charge in [-0.25, -0.2) is 0 Å². The number of aryl methyl sites for hydroxylation is 1. The van der Waals surface area contributed by atoms with E-state index in [1.807, 2.05) is 12.3 Å². The third-order valence-electron chi connectivity index (χ3n) is 5.10. The van der Waals surface area contributed by atoms with E-state index in [-0.39, 0.29) is 5.78 Å². The van der Waals surface area contributed by atoms with Crippen molar-refractivity contribution in [2.75, 3.05) is 6.54 Å². The van der Waals surface area contributed by atoms with Crippen LogP contribution in [0.25, 0.3) is 11.1 Å². The van der Waals surface area contributed by atoms with Crippen molar-refractivity contribution in [2.45, 2.75) is 54.0 Å². The summed E-state index contributed by atoms with van der Waals surface area (Å²) in [5, 5.41) is 2.90. The van der Waals surface area contributed by atoms with Crippen LogP contribution in [-0.2, 0) is 11.3 Å². The van der Waals surface area contributed by atoms with Gasteiger partial charge in [-0.05, 0) is 67.4 Å². The minimum Gasteiger partial charge on any atom is -0.368 e. The Balaban J connectivity index is 0.000000512. The van der Waals surface area contributed by atoms with Crippen LogP contribution in [0, 0.1) is 6.92 Å². The molecule has 0 saturated heterocycles. The molecule has 3 heteroatoms. The summed E-state index contributed by atoms with van der Waals surface area (Å²) in [4.78, 5) is 13.8. The number of Topliss-reactive ketones (excluding diaryl/α,β-unsaturated/α-hetero) is 1. The first-order chi connectivity index (χ1) is 14.8. The zero-order valence-electron chi connectivity index (χ0n) is 19.9. The van der Waals surface area contributed by atoms with Gasteiger partial charge in [0.1, 0.15) is 0 Å². The van der Waals surface area contributed by atoms with Gasteiger partial charge in [-0.1, -0.05) is 75.0 Å². The van der Waals surface area contributed by atoms with Crippen LogP contribution in [-0.4, -0.2) is 17.2 Å². The zero-order chi connectivity index (χ0) is 23.2. The molecule has 0 saturated carbocycles. The lowest BCUT2D eigenvalue weighted by Crippen LogP contribution is -2.26. The lowest BCUT2D eigenvalue weighted by atomic mass is 9.99. The highest BCUT2D eigenvalue weighted by molar-refractivity contribution is 5.91. The Morgan fingerprint density at radius 2 is 1.74 bits per heavy atom. The second kappa shape index (κ2) is 14.0. The Hall–Kier alpha value is -3.07. The first kappa shape index (κ1) is 26.0. The molecule has 0 fully saturated rings. The monoisotopic (exact) mass is 418 g/mol. The Morgan fingerprint density at radius 1 is 1.06 bits per heavy atom. The van der Waals surface area contributed by atoms with Gasteiger partial charge in [-0.15, -0.1) is 0 Å². The van der Waals surface area contributed by atoms with E-state index in [2.05, 4.69) is 93.5 Å². The van der Waals surface area contributed by atoms with Crippen LogP contribution in [0.5, 0.6) is 0 Å². The zero-order valence-corrected chi connectivity index (χ0v) is 19.9. The number of nitrogens with zero attached hydrogens (tertiary/aromatic N) is 1. The first-order valence-corrected chi connectivity index (χ1v) is 11.0. The number of nitrogens with one attached hydrogen (secondary N) is 1. The van der Waals surface area contributed by atoms with E-state index in [9.17, 15) is 4.79 Å². The van der Waals surface area contributed by atoms with Gasteiger partial charge < -0.3 is 10.2 Å². The van der Waals surface area contributed by atoms with E-state index >= 15 is 0 Å². The molecule has 0 atom stereocenters. The van der Waals surface area contributed by atoms with Crippen LogP contribution < -0.4 is 5.32 Å². The second-order valence-electron chi connectivity index (χ2n) is 7.65. The molecule has 2 aromatic carbocycles. The number of carbonyl (C=O) groups excluding carboxylic acids is 1. The van der Waals surface area contributed by atoms with Crippen molar-refractivity contribution in [3.05, 3.63) is 96.5 Å². The Morgan fingerprint density at radius 3 is 2.29 bits per heavy atom. The Labute approximate surface area is 189 Å². The molecular weight excluding hydrogens is 380 g/mol. The Kier molecular flexibility index (Phi) is 11.7. The maximum Gasteiger partial charge on any atom is 0.175 e. The van der Waals surface area contributed by atoms with E-state index in [4.69, 9.17) is 0 Å². The number of hydrogen-bond donors (Lipinski definition) is 1. The molecule has 31 heavy (non-hydrogen) atoms. The van der Waals surface area contributed by atoms with Gasteiger partial charge in [0.25, 0.3) is 0 Å². The maximum atomic E-state index is 11.7. The molecule has 166 valence electrons. The van der Waals surface area contributed by atoms with Crippen molar-refractivity contribution >= 4 is 5.78 Å². The molecule has 1 N–H and O–H groups in total. The second-order valence-corrected chi connectivity index (χ2v) is 7.65. The fraction of sp³-hybridized carbons (Fsp3) is 0.321. The van der Waals surface area contributed by atoms with Gasteiger partial charge in [0.05, 0.1) is 5.70 Å². The van der Waals surface area contributed by atoms with Crippen molar-refractivity contribution in [2.24, 2.45) is 0 Å². The number of benzene rings is 2. The third-order valence-corrected chi connectivity index (χ3v) is 5.10. The summed E-state index contributed by atoms with van der Waals surface area (Å²) < 4.78 is 0. The number of hydrogen-bond acceptors (Lipinski definition) is 3. The number of rotatable bonds is 10. The lowest BCUT2D eigenvalue weighted by Gasteiger charge is -2.26. The number of carbonyl (C=O) groups is 1. The molecule has 3 nitrogen and oxygen atoms in total. The highest BCUT2D eigenvalue weighted by atomic mass is 16.1. The van der Waals surface area contributed by atoms with E-state index in [0.29, 0.717) is 5.70 Å². The van der Waals surface area contributed by atoms with Crippen LogP contribution in [0.1, 0.15) is 51.7 Å². The number of allylic oxidation sites excluding steroid dienone is 2. The largest absolute Gasteiger partial charge is 0.368 e. The standard InChI is InChI=1S/C21H25NO.C7H13N/c1-5-13-22(17(3)18(4)23)15-21-14-20(12-11-16(21)2)19-9-7-6-8-10-19;1-4-7(3)6-8-5-2/h6-12,14H,3,5,13,15H2,1-2,4H3;5-6,8H,2,4H2,1,3H3/b;7-6+. The minimum atomic E-state index is 0.0373. The van der Waals surface area contributed by atoms with E-state index in [1.165, 1.54) is 27.8 Å². The Bertz CT molecular complexity index is 881. The highest BCUT2D eigenvalue weighted by Crippen LogP contribution is 2.24. The summed E-state index contributed by atoms with van der Waals surface area (Å²) >= 11 is 0. The van der Waals surface area contributed by atoms with E-state index < -0.39 is 0 Å².